The number of nitrogens with zero attached hydrogens (tertiary/aromatic N) is 6. The van der Waals surface area contributed by atoms with Gasteiger partial charge in [-0.1, -0.05) is 6.92 Å². The SMILES string of the molecule is CCS(=O)(=O)c1cc(Br)cnc1-c1cn2c(cc(C(F)(F)F)n3ncnc32)n1. The third-order valence-electron chi connectivity index (χ3n) is 4.04. The topological polar surface area (TPSA) is 94.5 Å². The Morgan fingerprint density at radius 2 is 1.96 bits per heavy atom. The molecule has 0 radical (unpaired) electrons. The van der Waals surface area contributed by atoms with Gasteiger partial charge < -0.3 is 0 Å². The maximum absolute atomic E-state index is 13.3. The maximum Gasteiger partial charge on any atom is 0.433 e. The van der Waals surface area contributed by atoms with Crippen LogP contribution in [0.5, 0.6) is 0 Å². The number of fused-ring (bicyclic) bond motifs is 3. The predicted octanol–water partition coefficient (Wildman–Crippen LogP) is 3.01. The molecule has 0 aliphatic heterocycles. The second-order valence-electron chi connectivity index (χ2n) is 5.76. The summed E-state index contributed by atoms with van der Waals surface area (Å²) in [5.74, 6) is -0.279. The first-order valence-corrected chi connectivity index (χ1v) is 10.2. The average Bonchev–Trinajstić information content (AvgIpc) is 3.26. The number of alkyl halides is 3. The van der Waals surface area contributed by atoms with Crippen molar-refractivity contribution >= 4 is 37.2 Å². The first-order chi connectivity index (χ1) is 13.1. The van der Waals surface area contributed by atoms with E-state index in [0.29, 0.717) is 8.99 Å². The first-order valence-electron chi connectivity index (χ1n) is 7.79. The number of imidazole rings is 1. The number of hydrogen-bond donors (Lipinski definition) is 0. The summed E-state index contributed by atoms with van der Waals surface area (Å²) >= 11 is 3.18. The van der Waals surface area contributed by atoms with Crippen LogP contribution in [0.3, 0.4) is 0 Å². The average molecular weight is 475 g/mol. The molecule has 0 aliphatic carbocycles. The molecule has 0 fully saturated rings. The van der Waals surface area contributed by atoms with Gasteiger partial charge in [0.25, 0.3) is 0 Å². The highest BCUT2D eigenvalue weighted by atomic mass is 79.9. The highest BCUT2D eigenvalue weighted by Crippen LogP contribution is 2.32. The molecule has 0 unspecified atom stereocenters. The third kappa shape index (κ3) is 2.94. The number of rotatable bonds is 3. The Balaban J connectivity index is 2.03. The van der Waals surface area contributed by atoms with E-state index in [0.717, 1.165) is 12.4 Å². The van der Waals surface area contributed by atoms with E-state index in [1.165, 1.54) is 29.8 Å². The van der Waals surface area contributed by atoms with Crippen molar-refractivity contribution in [2.75, 3.05) is 5.75 Å². The Kier molecular flexibility index (Phi) is 4.19. The highest BCUT2D eigenvalue weighted by molar-refractivity contribution is 9.10. The van der Waals surface area contributed by atoms with Gasteiger partial charge in [-0.2, -0.15) is 27.8 Å². The lowest BCUT2D eigenvalue weighted by Gasteiger charge is -2.08. The molecule has 0 N–H and O–H groups in total. The summed E-state index contributed by atoms with van der Waals surface area (Å²) in [5, 5.41) is 3.62. The van der Waals surface area contributed by atoms with Gasteiger partial charge in [-0.3, -0.25) is 9.38 Å². The van der Waals surface area contributed by atoms with Crippen LogP contribution >= 0.6 is 15.9 Å². The maximum atomic E-state index is 13.3. The van der Waals surface area contributed by atoms with E-state index in [-0.39, 0.29) is 33.5 Å². The second kappa shape index (κ2) is 6.24. The van der Waals surface area contributed by atoms with Gasteiger partial charge >= 0.3 is 6.18 Å². The van der Waals surface area contributed by atoms with Gasteiger partial charge in [0.05, 0.1) is 10.6 Å². The molecule has 28 heavy (non-hydrogen) atoms. The molecule has 4 aromatic heterocycles. The molecular weight excluding hydrogens is 465 g/mol. The normalized spacial score (nSPS) is 12.9. The minimum Gasteiger partial charge on any atom is -0.267 e. The van der Waals surface area contributed by atoms with E-state index in [1.807, 2.05) is 0 Å². The van der Waals surface area contributed by atoms with Crippen molar-refractivity contribution in [3.63, 3.8) is 0 Å². The molecule has 146 valence electrons. The highest BCUT2D eigenvalue weighted by Gasteiger charge is 2.35. The van der Waals surface area contributed by atoms with Crippen molar-refractivity contribution in [3.05, 3.63) is 41.0 Å². The largest absolute Gasteiger partial charge is 0.433 e. The third-order valence-corrected chi connectivity index (χ3v) is 6.22. The molecule has 0 saturated carbocycles. The number of hydrogen-bond acceptors (Lipinski definition) is 6. The first kappa shape index (κ1) is 18.8. The minimum atomic E-state index is -4.67. The summed E-state index contributed by atoms with van der Waals surface area (Å²) in [6, 6.07) is 2.21. The molecular formula is C15H10BrF3N6O2S. The van der Waals surface area contributed by atoms with Crippen LogP contribution in [0.25, 0.3) is 22.8 Å². The quantitative estimate of drug-likeness (QED) is 0.452. The fraction of sp³-hybridized carbons (Fsp3) is 0.200. The van der Waals surface area contributed by atoms with Crippen molar-refractivity contribution in [1.29, 1.82) is 0 Å². The van der Waals surface area contributed by atoms with Crippen molar-refractivity contribution in [1.82, 2.24) is 29.0 Å². The van der Waals surface area contributed by atoms with Crippen LogP contribution in [0.4, 0.5) is 13.2 Å². The van der Waals surface area contributed by atoms with E-state index in [1.54, 1.807) is 0 Å². The Morgan fingerprint density at radius 1 is 1.21 bits per heavy atom. The predicted molar refractivity (Wildman–Crippen MR) is 95.4 cm³/mol. The fourth-order valence-electron chi connectivity index (χ4n) is 2.73. The fourth-order valence-corrected chi connectivity index (χ4v) is 4.28. The number of aromatic nitrogens is 6. The number of pyridine rings is 1. The Bertz CT molecular complexity index is 1330. The molecule has 0 amide bonds. The standard InChI is InChI=1S/C15H10BrF3N6O2S/c1-2-28(26,27)10-3-8(16)5-20-13(10)9-6-24-12(23-9)4-11(15(17,18)19)25-14(24)21-7-22-25/h3-7H,2H2,1H3. The zero-order chi connectivity index (χ0) is 20.3. The molecule has 4 rings (SSSR count). The van der Waals surface area contributed by atoms with Gasteiger partial charge in [-0.05, 0) is 22.0 Å². The molecule has 0 saturated heterocycles. The zero-order valence-electron chi connectivity index (χ0n) is 14.0. The Labute approximate surface area is 164 Å². The molecule has 8 nitrogen and oxygen atoms in total. The van der Waals surface area contributed by atoms with E-state index < -0.39 is 21.7 Å². The summed E-state index contributed by atoms with van der Waals surface area (Å²) in [7, 11) is -3.65. The second-order valence-corrected chi connectivity index (χ2v) is 8.92. The van der Waals surface area contributed by atoms with E-state index in [4.69, 9.17) is 0 Å². The number of halogens is 4. The van der Waals surface area contributed by atoms with Gasteiger partial charge in [0, 0.05) is 22.9 Å². The van der Waals surface area contributed by atoms with Gasteiger partial charge in [-0.25, -0.2) is 13.4 Å². The van der Waals surface area contributed by atoms with Crippen molar-refractivity contribution in [2.45, 2.75) is 18.0 Å². The molecule has 0 atom stereocenters. The lowest BCUT2D eigenvalue weighted by Crippen LogP contribution is -2.14. The molecule has 4 aromatic rings. The van der Waals surface area contributed by atoms with Crippen molar-refractivity contribution in [3.8, 4) is 11.4 Å². The van der Waals surface area contributed by atoms with Gasteiger partial charge in [0.2, 0.25) is 5.78 Å². The van der Waals surface area contributed by atoms with Crippen LogP contribution in [0, 0.1) is 0 Å². The van der Waals surface area contributed by atoms with Crippen LogP contribution in [0.1, 0.15) is 12.6 Å². The Morgan fingerprint density at radius 3 is 2.64 bits per heavy atom. The van der Waals surface area contributed by atoms with Crippen LogP contribution < -0.4 is 0 Å². The molecule has 0 bridgehead atoms. The van der Waals surface area contributed by atoms with E-state index >= 15 is 0 Å². The molecule has 4 heterocycles. The van der Waals surface area contributed by atoms with Gasteiger partial charge in [0.15, 0.2) is 15.5 Å². The van der Waals surface area contributed by atoms with Crippen LogP contribution in [0.15, 0.2) is 40.2 Å². The van der Waals surface area contributed by atoms with Crippen molar-refractivity contribution < 1.29 is 21.6 Å². The lowest BCUT2D eigenvalue weighted by molar-refractivity contribution is -0.142. The monoisotopic (exact) mass is 474 g/mol. The minimum absolute atomic E-state index is 0.0416. The van der Waals surface area contributed by atoms with Crippen LogP contribution in [-0.2, 0) is 16.0 Å². The summed E-state index contributed by atoms with van der Waals surface area (Å²) in [6.45, 7) is 1.49. The molecule has 0 aliphatic rings. The van der Waals surface area contributed by atoms with E-state index in [2.05, 4.69) is 36.0 Å². The Hall–Kier alpha value is -2.54. The van der Waals surface area contributed by atoms with Gasteiger partial charge in [0.1, 0.15) is 23.4 Å². The molecule has 13 heteroatoms. The van der Waals surface area contributed by atoms with Crippen molar-refractivity contribution in [2.24, 2.45) is 0 Å². The number of sulfone groups is 1. The summed E-state index contributed by atoms with van der Waals surface area (Å²) in [4.78, 5) is 12.1. The van der Waals surface area contributed by atoms with Crippen LogP contribution in [-0.4, -0.2) is 43.1 Å². The van der Waals surface area contributed by atoms with Crippen LogP contribution in [0.2, 0.25) is 0 Å². The van der Waals surface area contributed by atoms with Gasteiger partial charge in [-0.15, -0.1) is 0 Å². The summed E-state index contributed by atoms with van der Waals surface area (Å²) in [5.41, 5.74) is -0.967. The summed E-state index contributed by atoms with van der Waals surface area (Å²) < 4.78 is 67.3. The molecule has 0 spiro atoms. The smallest absolute Gasteiger partial charge is 0.267 e. The van der Waals surface area contributed by atoms with E-state index in [9.17, 15) is 21.6 Å². The lowest BCUT2D eigenvalue weighted by atomic mass is 10.3. The summed E-state index contributed by atoms with van der Waals surface area (Å²) in [6.07, 6.45) is -0.910. The zero-order valence-corrected chi connectivity index (χ0v) is 16.4. The molecule has 0 aromatic carbocycles.